The molecule has 2 rings (SSSR count). The summed E-state index contributed by atoms with van der Waals surface area (Å²) >= 11 is 0. The van der Waals surface area contributed by atoms with Gasteiger partial charge in [-0.15, -0.1) is 0 Å². The Morgan fingerprint density at radius 3 is 1.87 bits per heavy atom. The van der Waals surface area contributed by atoms with E-state index in [-0.39, 0.29) is 0 Å². The molecule has 2 aromatic carbocycles. The molecule has 0 saturated carbocycles. The van der Waals surface area contributed by atoms with E-state index in [2.05, 4.69) is 52.0 Å². The molecule has 0 unspecified atom stereocenters. The molecule has 0 bridgehead atoms. The lowest BCUT2D eigenvalue weighted by Gasteiger charge is -2.03. The third kappa shape index (κ3) is 8.41. The smallest absolute Gasteiger partial charge is 0.0468 e. The van der Waals surface area contributed by atoms with Crippen LogP contribution in [0.25, 0.3) is 11.1 Å². The molecular weight excluding hydrogens is 282 g/mol. The summed E-state index contributed by atoms with van der Waals surface area (Å²) in [5.74, 6) is 0.779. The van der Waals surface area contributed by atoms with E-state index >= 15 is 0 Å². The van der Waals surface area contributed by atoms with Gasteiger partial charge < -0.3 is 10.5 Å². The first-order chi connectivity index (χ1) is 11.0. The lowest BCUT2D eigenvalue weighted by molar-refractivity contribution is 0.124. The topological polar surface area (TPSA) is 35.2 Å². The predicted octanol–water partition coefficient (Wildman–Crippen LogP) is 5.70. The van der Waals surface area contributed by atoms with Gasteiger partial charge in [-0.25, -0.2) is 0 Å². The summed E-state index contributed by atoms with van der Waals surface area (Å²) in [6, 6.07) is 16.4. The van der Waals surface area contributed by atoms with Gasteiger partial charge in [0.15, 0.2) is 0 Å². The van der Waals surface area contributed by atoms with Crippen LogP contribution >= 0.6 is 0 Å². The highest BCUT2D eigenvalue weighted by Crippen LogP contribution is 2.20. The van der Waals surface area contributed by atoms with Crippen molar-refractivity contribution in [1.82, 2.24) is 0 Å². The molecule has 2 aromatic rings. The van der Waals surface area contributed by atoms with E-state index in [0.717, 1.165) is 31.2 Å². The monoisotopic (exact) mass is 313 g/mol. The average Bonchev–Trinajstić information content (AvgIpc) is 2.54. The minimum absolute atomic E-state index is 0.779. The zero-order valence-corrected chi connectivity index (χ0v) is 15.0. The van der Waals surface area contributed by atoms with Gasteiger partial charge in [0.25, 0.3) is 0 Å². The van der Waals surface area contributed by atoms with Crippen LogP contribution in [-0.4, -0.2) is 13.2 Å². The van der Waals surface area contributed by atoms with Crippen LogP contribution in [0, 0.1) is 12.8 Å². The maximum absolute atomic E-state index is 5.63. The minimum Gasteiger partial charge on any atom is -0.399 e. The second-order valence-electron chi connectivity index (χ2n) is 6.28. The molecule has 2 N–H and O–H groups in total. The van der Waals surface area contributed by atoms with Crippen molar-refractivity contribution >= 4 is 5.69 Å². The number of aryl methyl sites for hydroxylation is 1. The standard InChI is InChI=1S/C13H13N.C8H18O/c1-10-2-4-11(5-3-10)12-6-8-13(14)9-7-12;1-4-6-9-7-5-8(2)3/h2-9H,14H2,1H3;8H,4-7H2,1-3H3. The van der Waals surface area contributed by atoms with Crippen LogP contribution < -0.4 is 5.73 Å². The van der Waals surface area contributed by atoms with Crippen molar-refractivity contribution in [1.29, 1.82) is 0 Å². The molecule has 0 radical (unpaired) electrons. The first-order valence-electron chi connectivity index (χ1n) is 8.53. The Morgan fingerprint density at radius 2 is 1.39 bits per heavy atom. The zero-order valence-electron chi connectivity index (χ0n) is 15.0. The summed E-state index contributed by atoms with van der Waals surface area (Å²) in [4.78, 5) is 0. The van der Waals surface area contributed by atoms with Crippen molar-refractivity contribution in [3.63, 3.8) is 0 Å². The highest BCUT2D eigenvalue weighted by molar-refractivity contribution is 5.65. The van der Waals surface area contributed by atoms with E-state index in [9.17, 15) is 0 Å². The Bertz CT molecular complexity index is 485. The molecule has 0 spiro atoms. The van der Waals surface area contributed by atoms with Gasteiger partial charge in [0, 0.05) is 18.9 Å². The number of benzene rings is 2. The van der Waals surface area contributed by atoms with Gasteiger partial charge in [-0.1, -0.05) is 62.7 Å². The molecule has 2 nitrogen and oxygen atoms in total. The van der Waals surface area contributed by atoms with E-state index < -0.39 is 0 Å². The predicted molar refractivity (Wildman–Crippen MR) is 102 cm³/mol. The summed E-state index contributed by atoms with van der Waals surface area (Å²) in [6.45, 7) is 10.5. The highest BCUT2D eigenvalue weighted by Gasteiger charge is 1.95. The van der Waals surface area contributed by atoms with Gasteiger partial charge in [0.1, 0.15) is 0 Å². The maximum Gasteiger partial charge on any atom is 0.0468 e. The van der Waals surface area contributed by atoms with Gasteiger partial charge in [0.2, 0.25) is 0 Å². The summed E-state index contributed by atoms with van der Waals surface area (Å²) < 4.78 is 5.29. The zero-order chi connectivity index (χ0) is 17.1. The average molecular weight is 313 g/mol. The normalized spacial score (nSPS) is 10.3. The fraction of sp³-hybridized carbons (Fsp3) is 0.429. The molecule has 0 aliphatic heterocycles. The molecule has 0 atom stereocenters. The fourth-order valence-electron chi connectivity index (χ4n) is 1.99. The molecule has 2 heteroatoms. The third-order valence-electron chi connectivity index (χ3n) is 3.48. The van der Waals surface area contributed by atoms with Crippen molar-refractivity contribution in [2.75, 3.05) is 18.9 Å². The van der Waals surface area contributed by atoms with E-state index in [1.54, 1.807) is 0 Å². The maximum atomic E-state index is 5.63. The quantitative estimate of drug-likeness (QED) is 0.548. The molecule has 0 aromatic heterocycles. The van der Waals surface area contributed by atoms with Crippen molar-refractivity contribution in [3.05, 3.63) is 54.1 Å². The molecule has 0 saturated heterocycles. The number of nitrogens with two attached hydrogens (primary N) is 1. The van der Waals surface area contributed by atoms with Crippen LogP contribution in [0.2, 0.25) is 0 Å². The SMILES string of the molecule is CCCOCCC(C)C.Cc1ccc(-c2ccc(N)cc2)cc1. The van der Waals surface area contributed by atoms with Crippen LogP contribution in [0.3, 0.4) is 0 Å². The van der Waals surface area contributed by atoms with E-state index in [4.69, 9.17) is 10.5 Å². The summed E-state index contributed by atoms with van der Waals surface area (Å²) in [7, 11) is 0. The van der Waals surface area contributed by atoms with Crippen LogP contribution in [-0.2, 0) is 4.74 Å². The summed E-state index contributed by atoms with van der Waals surface area (Å²) in [6.07, 6.45) is 2.33. The Morgan fingerprint density at radius 1 is 0.870 bits per heavy atom. The number of nitrogen functional groups attached to an aromatic ring is 1. The van der Waals surface area contributed by atoms with E-state index in [1.807, 2.05) is 24.3 Å². The second-order valence-corrected chi connectivity index (χ2v) is 6.28. The van der Waals surface area contributed by atoms with Crippen LogP contribution in [0.5, 0.6) is 0 Å². The highest BCUT2D eigenvalue weighted by atomic mass is 16.5. The van der Waals surface area contributed by atoms with Gasteiger partial charge in [-0.05, 0) is 48.9 Å². The first kappa shape index (κ1) is 19.2. The number of anilines is 1. The molecular formula is C21H31NO. The van der Waals surface area contributed by atoms with Gasteiger partial charge in [-0.2, -0.15) is 0 Å². The number of hydrogen-bond donors (Lipinski definition) is 1. The molecule has 0 fully saturated rings. The Balaban J connectivity index is 0.000000257. The molecule has 0 heterocycles. The van der Waals surface area contributed by atoms with E-state index in [1.165, 1.54) is 23.1 Å². The Kier molecular flexibility index (Phi) is 9.08. The summed E-state index contributed by atoms with van der Waals surface area (Å²) in [5.41, 5.74) is 10.2. The van der Waals surface area contributed by atoms with Crippen molar-refractivity contribution in [3.8, 4) is 11.1 Å². The second kappa shape index (κ2) is 10.8. The fourth-order valence-corrected chi connectivity index (χ4v) is 1.99. The number of ether oxygens (including phenoxy) is 1. The number of rotatable bonds is 6. The van der Waals surface area contributed by atoms with E-state index in [0.29, 0.717) is 0 Å². The largest absolute Gasteiger partial charge is 0.399 e. The number of hydrogen-bond acceptors (Lipinski definition) is 2. The molecule has 0 aliphatic carbocycles. The molecule has 126 valence electrons. The lowest BCUT2D eigenvalue weighted by Crippen LogP contribution is -1.99. The molecule has 23 heavy (non-hydrogen) atoms. The van der Waals surface area contributed by atoms with Gasteiger partial charge in [-0.3, -0.25) is 0 Å². The Labute approximate surface area is 141 Å². The van der Waals surface area contributed by atoms with Crippen molar-refractivity contribution in [2.24, 2.45) is 5.92 Å². The summed E-state index contributed by atoms with van der Waals surface area (Å²) in [5, 5.41) is 0. The first-order valence-corrected chi connectivity index (χ1v) is 8.53. The van der Waals surface area contributed by atoms with Crippen molar-refractivity contribution < 1.29 is 4.74 Å². The Hall–Kier alpha value is -1.80. The molecule has 0 amide bonds. The minimum atomic E-state index is 0.779. The van der Waals surface area contributed by atoms with Crippen LogP contribution in [0.4, 0.5) is 5.69 Å². The van der Waals surface area contributed by atoms with Crippen LogP contribution in [0.15, 0.2) is 48.5 Å². The van der Waals surface area contributed by atoms with Crippen LogP contribution in [0.1, 0.15) is 39.2 Å². The molecule has 0 aliphatic rings. The van der Waals surface area contributed by atoms with Gasteiger partial charge >= 0.3 is 0 Å². The lowest BCUT2D eigenvalue weighted by atomic mass is 10.0. The third-order valence-corrected chi connectivity index (χ3v) is 3.48. The van der Waals surface area contributed by atoms with Gasteiger partial charge in [0.05, 0.1) is 0 Å². The van der Waals surface area contributed by atoms with Crippen molar-refractivity contribution in [2.45, 2.75) is 40.5 Å².